The minimum absolute atomic E-state index is 0.0698. The normalized spacial score (nSPS) is 23.1. The van der Waals surface area contributed by atoms with Gasteiger partial charge in [0.15, 0.2) is 0 Å². The summed E-state index contributed by atoms with van der Waals surface area (Å²) in [5.41, 5.74) is 0. The van der Waals surface area contributed by atoms with E-state index in [1.807, 2.05) is 13.8 Å². The molecule has 122 valence electrons. The van der Waals surface area contributed by atoms with Gasteiger partial charge in [0.05, 0.1) is 0 Å². The van der Waals surface area contributed by atoms with E-state index in [1.165, 1.54) is 0 Å². The van der Waals surface area contributed by atoms with Gasteiger partial charge in [0.25, 0.3) is 0 Å². The molecule has 1 aliphatic heterocycles. The summed E-state index contributed by atoms with van der Waals surface area (Å²) in [6.45, 7) is 8.54. The molecule has 0 aromatic rings. The van der Waals surface area contributed by atoms with Crippen molar-refractivity contribution in [2.75, 3.05) is 26.7 Å². The minimum atomic E-state index is -0.817. The van der Waals surface area contributed by atoms with Gasteiger partial charge >= 0.3 is 12.0 Å². The van der Waals surface area contributed by atoms with E-state index < -0.39 is 5.97 Å². The summed E-state index contributed by atoms with van der Waals surface area (Å²) in [7, 11) is 2.10. The van der Waals surface area contributed by atoms with E-state index in [9.17, 15) is 9.59 Å². The Kier molecular flexibility index (Phi) is 6.95. The lowest BCUT2D eigenvalue weighted by Gasteiger charge is -2.37. The van der Waals surface area contributed by atoms with Crippen molar-refractivity contribution in [3.8, 4) is 0 Å². The molecule has 0 aromatic heterocycles. The Morgan fingerprint density at radius 3 is 2.62 bits per heavy atom. The van der Waals surface area contributed by atoms with Crippen LogP contribution in [-0.4, -0.2) is 65.7 Å². The number of likely N-dealkylation sites (tertiary alicyclic amines) is 1. The molecule has 0 aliphatic carbocycles. The van der Waals surface area contributed by atoms with Crippen LogP contribution in [0.25, 0.3) is 0 Å². The summed E-state index contributed by atoms with van der Waals surface area (Å²) in [4.78, 5) is 27.0. The molecule has 2 atom stereocenters. The first-order valence-corrected chi connectivity index (χ1v) is 7.78. The smallest absolute Gasteiger partial charge is 0.317 e. The molecule has 1 fully saturated rings. The van der Waals surface area contributed by atoms with Crippen LogP contribution in [0.1, 0.15) is 40.0 Å². The molecule has 2 amide bonds. The van der Waals surface area contributed by atoms with Crippen LogP contribution in [0, 0.1) is 5.92 Å². The predicted molar refractivity (Wildman–Crippen MR) is 82.3 cm³/mol. The maximum atomic E-state index is 12.4. The summed E-state index contributed by atoms with van der Waals surface area (Å²) in [5, 5.41) is 11.8. The van der Waals surface area contributed by atoms with E-state index in [4.69, 9.17) is 5.11 Å². The Hall–Kier alpha value is -1.30. The third-order valence-electron chi connectivity index (χ3n) is 4.09. The molecule has 21 heavy (non-hydrogen) atoms. The van der Waals surface area contributed by atoms with E-state index in [1.54, 1.807) is 4.90 Å². The van der Waals surface area contributed by atoms with E-state index in [2.05, 4.69) is 24.2 Å². The molecule has 6 nitrogen and oxygen atoms in total. The molecule has 0 radical (unpaired) electrons. The van der Waals surface area contributed by atoms with Crippen molar-refractivity contribution in [2.24, 2.45) is 5.92 Å². The average molecular weight is 299 g/mol. The van der Waals surface area contributed by atoms with Crippen molar-refractivity contribution in [3.63, 3.8) is 0 Å². The number of piperidine rings is 1. The van der Waals surface area contributed by atoms with Crippen LogP contribution < -0.4 is 5.32 Å². The molecule has 0 saturated carbocycles. The van der Waals surface area contributed by atoms with Gasteiger partial charge in [0, 0.05) is 31.6 Å². The SMILES string of the molecule is CC1CN(C)CCC1NC(=O)N(CCCC(=O)O)C(C)C. The van der Waals surface area contributed by atoms with Crippen LogP contribution >= 0.6 is 0 Å². The lowest BCUT2D eigenvalue weighted by atomic mass is 9.94. The molecular formula is C15H29N3O3. The number of rotatable bonds is 6. The zero-order chi connectivity index (χ0) is 16.0. The third kappa shape index (κ3) is 5.91. The van der Waals surface area contributed by atoms with E-state index in [0.717, 1.165) is 19.5 Å². The van der Waals surface area contributed by atoms with Crippen LogP contribution in [-0.2, 0) is 4.79 Å². The third-order valence-corrected chi connectivity index (χ3v) is 4.09. The van der Waals surface area contributed by atoms with Gasteiger partial charge in [-0.1, -0.05) is 6.92 Å². The van der Waals surface area contributed by atoms with Crippen molar-refractivity contribution in [3.05, 3.63) is 0 Å². The lowest BCUT2D eigenvalue weighted by Crippen LogP contribution is -2.53. The second kappa shape index (κ2) is 8.22. The van der Waals surface area contributed by atoms with Crippen LogP contribution in [0.15, 0.2) is 0 Å². The molecule has 0 bridgehead atoms. The first-order valence-electron chi connectivity index (χ1n) is 7.78. The molecule has 0 spiro atoms. The van der Waals surface area contributed by atoms with E-state index in [0.29, 0.717) is 18.9 Å². The summed E-state index contributed by atoms with van der Waals surface area (Å²) in [5.74, 6) is -0.385. The van der Waals surface area contributed by atoms with Crippen molar-refractivity contribution >= 4 is 12.0 Å². The van der Waals surface area contributed by atoms with Gasteiger partial charge in [-0.2, -0.15) is 0 Å². The summed E-state index contributed by atoms with van der Waals surface area (Å²) < 4.78 is 0. The number of carbonyl (C=O) groups is 2. The number of nitrogens with zero attached hydrogens (tertiary/aromatic N) is 2. The second-order valence-corrected chi connectivity index (χ2v) is 6.37. The van der Waals surface area contributed by atoms with Gasteiger partial charge in [-0.05, 0) is 46.2 Å². The van der Waals surface area contributed by atoms with Crippen molar-refractivity contribution < 1.29 is 14.7 Å². The summed E-state index contributed by atoms with van der Waals surface area (Å²) >= 11 is 0. The van der Waals surface area contributed by atoms with Gasteiger partial charge in [-0.25, -0.2) is 4.79 Å². The van der Waals surface area contributed by atoms with Crippen molar-refractivity contribution in [1.29, 1.82) is 0 Å². The number of amides is 2. The van der Waals surface area contributed by atoms with Crippen LogP contribution in [0.3, 0.4) is 0 Å². The predicted octanol–water partition coefficient (Wildman–Crippen LogP) is 1.61. The van der Waals surface area contributed by atoms with E-state index in [-0.39, 0.29) is 24.5 Å². The average Bonchev–Trinajstić information content (AvgIpc) is 2.37. The van der Waals surface area contributed by atoms with Crippen molar-refractivity contribution in [1.82, 2.24) is 15.1 Å². The number of hydrogen-bond acceptors (Lipinski definition) is 3. The molecule has 0 aromatic carbocycles. The first kappa shape index (κ1) is 17.8. The lowest BCUT2D eigenvalue weighted by molar-refractivity contribution is -0.137. The fraction of sp³-hybridized carbons (Fsp3) is 0.867. The molecule has 1 heterocycles. The van der Waals surface area contributed by atoms with Gasteiger partial charge in [-0.3, -0.25) is 4.79 Å². The van der Waals surface area contributed by atoms with Gasteiger partial charge in [0.2, 0.25) is 0 Å². The van der Waals surface area contributed by atoms with Gasteiger partial charge < -0.3 is 20.2 Å². The van der Waals surface area contributed by atoms with Crippen LogP contribution in [0.4, 0.5) is 4.79 Å². The summed E-state index contributed by atoms with van der Waals surface area (Å²) in [6.07, 6.45) is 1.55. The Labute approximate surface area is 127 Å². The number of carboxylic acids is 1. The molecule has 1 rings (SSSR count). The number of aliphatic carboxylic acids is 1. The minimum Gasteiger partial charge on any atom is -0.481 e. The van der Waals surface area contributed by atoms with Crippen molar-refractivity contribution in [2.45, 2.75) is 52.1 Å². The number of urea groups is 1. The van der Waals surface area contributed by atoms with E-state index >= 15 is 0 Å². The Bertz CT molecular complexity index is 360. The zero-order valence-corrected chi connectivity index (χ0v) is 13.6. The molecular weight excluding hydrogens is 270 g/mol. The largest absolute Gasteiger partial charge is 0.481 e. The van der Waals surface area contributed by atoms with Gasteiger partial charge in [0.1, 0.15) is 0 Å². The highest BCUT2D eigenvalue weighted by molar-refractivity contribution is 5.75. The molecule has 1 saturated heterocycles. The number of carbonyl (C=O) groups excluding carboxylic acids is 1. The fourth-order valence-electron chi connectivity index (χ4n) is 2.80. The van der Waals surface area contributed by atoms with Crippen LogP contribution in [0.5, 0.6) is 0 Å². The molecule has 1 aliphatic rings. The maximum Gasteiger partial charge on any atom is 0.317 e. The fourth-order valence-corrected chi connectivity index (χ4v) is 2.80. The molecule has 2 unspecified atom stereocenters. The Morgan fingerprint density at radius 2 is 2.10 bits per heavy atom. The standard InChI is InChI=1S/C15H29N3O3/c1-11(2)18(8-5-6-14(19)20)15(21)16-13-7-9-17(4)10-12(13)3/h11-13H,5-10H2,1-4H3,(H,16,21)(H,19,20). The monoisotopic (exact) mass is 299 g/mol. The Morgan fingerprint density at radius 1 is 1.43 bits per heavy atom. The topological polar surface area (TPSA) is 72.9 Å². The summed E-state index contributed by atoms with van der Waals surface area (Å²) in [6, 6.07) is 0.201. The Balaban J connectivity index is 2.50. The highest BCUT2D eigenvalue weighted by Gasteiger charge is 2.27. The number of carboxylic acid groups (broad SMARTS) is 1. The quantitative estimate of drug-likeness (QED) is 0.781. The highest BCUT2D eigenvalue weighted by Crippen LogP contribution is 2.16. The van der Waals surface area contributed by atoms with Gasteiger partial charge in [-0.15, -0.1) is 0 Å². The zero-order valence-electron chi connectivity index (χ0n) is 13.6. The highest BCUT2D eigenvalue weighted by atomic mass is 16.4. The maximum absolute atomic E-state index is 12.4. The first-order chi connectivity index (χ1) is 9.81. The number of hydrogen-bond donors (Lipinski definition) is 2. The number of nitrogens with one attached hydrogen (secondary N) is 1. The van der Waals surface area contributed by atoms with Crippen LogP contribution in [0.2, 0.25) is 0 Å². The molecule has 6 heteroatoms. The second-order valence-electron chi connectivity index (χ2n) is 6.37. The molecule has 2 N–H and O–H groups in total.